The molecule has 2 N–H and O–H groups in total. The van der Waals surface area contributed by atoms with Gasteiger partial charge < -0.3 is 29.2 Å². The second-order valence-corrected chi connectivity index (χ2v) is 18.0. The van der Waals surface area contributed by atoms with Crippen molar-refractivity contribution < 1.29 is 28.6 Å². The second-order valence-electron chi connectivity index (χ2n) is 13.7. The van der Waals surface area contributed by atoms with Crippen molar-refractivity contribution in [1.29, 1.82) is 0 Å². The summed E-state index contributed by atoms with van der Waals surface area (Å²) in [5.74, 6) is -0.440. The first-order valence-electron chi connectivity index (χ1n) is 15.7. The second kappa shape index (κ2) is 14.6. The van der Waals surface area contributed by atoms with Gasteiger partial charge in [0.05, 0.1) is 12.6 Å². The van der Waals surface area contributed by atoms with E-state index in [1.165, 1.54) is 4.90 Å². The molecule has 3 aromatic carbocycles. The van der Waals surface area contributed by atoms with Gasteiger partial charge in [-0.3, -0.25) is 0 Å². The van der Waals surface area contributed by atoms with Crippen LogP contribution in [0.25, 0.3) is 0 Å². The van der Waals surface area contributed by atoms with E-state index in [4.69, 9.17) is 13.9 Å². The zero-order valence-corrected chi connectivity index (χ0v) is 28.4. The molecule has 0 aromatic heterocycles. The monoisotopic (exact) mass is 632 g/mol. The maximum atomic E-state index is 13.0. The molecule has 45 heavy (non-hydrogen) atoms. The average molecular weight is 633 g/mol. The van der Waals surface area contributed by atoms with Gasteiger partial charge in [-0.05, 0) is 48.2 Å². The Morgan fingerprint density at radius 3 is 1.91 bits per heavy atom. The van der Waals surface area contributed by atoms with Crippen LogP contribution < -0.4 is 15.7 Å². The van der Waals surface area contributed by atoms with Gasteiger partial charge in [-0.2, -0.15) is 0 Å². The molecule has 0 unspecified atom stereocenters. The van der Waals surface area contributed by atoms with E-state index in [2.05, 4.69) is 50.4 Å². The van der Waals surface area contributed by atoms with Crippen LogP contribution in [0.4, 0.5) is 9.59 Å². The van der Waals surface area contributed by atoms with Gasteiger partial charge in [-0.15, -0.1) is 0 Å². The quantitative estimate of drug-likeness (QED) is 0.288. The standard InChI is InChI=1S/C36H48N2O6Si/c1-35(2,3)44-33(40)37-31(30-24-38(25-32(30)39)34(41)42-26-27-16-10-7-11-17-27)22-23-43-45(36(4,5)6,28-18-12-8-13-19-28)29-20-14-9-15-21-29/h7-21,30-32,39H,22-26H2,1-6H3,(H,37,40)/t30-,31-,32-/m0/s1. The third kappa shape index (κ3) is 8.74. The highest BCUT2D eigenvalue weighted by atomic mass is 28.4. The van der Waals surface area contributed by atoms with E-state index < -0.39 is 44.2 Å². The van der Waals surface area contributed by atoms with Crippen molar-refractivity contribution in [3.05, 3.63) is 96.6 Å². The van der Waals surface area contributed by atoms with Crippen LogP contribution in [-0.2, 0) is 20.5 Å². The Labute approximate surface area is 268 Å². The number of nitrogens with one attached hydrogen (secondary N) is 1. The van der Waals surface area contributed by atoms with Gasteiger partial charge in [0.25, 0.3) is 8.32 Å². The summed E-state index contributed by atoms with van der Waals surface area (Å²) in [6.45, 7) is 12.9. The van der Waals surface area contributed by atoms with Gasteiger partial charge in [0.15, 0.2) is 0 Å². The number of carbonyl (C=O) groups excluding carboxylic acids is 2. The third-order valence-corrected chi connectivity index (χ3v) is 13.2. The smallest absolute Gasteiger partial charge is 0.410 e. The van der Waals surface area contributed by atoms with Crippen LogP contribution in [0.15, 0.2) is 91.0 Å². The molecule has 0 radical (unpaired) electrons. The van der Waals surface area contributed by atoms with Crippen molar-refractivity contribution in [2.45, 2.75) is 77.4 Å². The van der Waals surface area contributed by atoms with Gasteiger partial charge in [0.1, 0.15) is 12.2 Å². The van der Waals surface area contributed by atoms with E-state index in [0.717, 1.165) is 15.9 Å². The summed E-state index contributed by atoms with van der Waals surface area (Å²) in [7, 11) is -2.82. The fourth-order valence-electron chi connectivity index (χ4n) is 6.12. The Hall–Kier alpha value is -3.66. The van der Waals surface area contributed by atoms with E-state index in [0.29, 0.717) is 13.0 Å². The summed E-state index contributed by atoms with van der Waals surface area (Å²) in [6.07, 6.45) is -1.52. The van der Waals surface area contributed by atoms with Crippen LogP contribution in [0.3, 0.4) is 0 Å². The maximum absolute atomic E-state index is 13.0. The molecule has 1 aliphatic heterocycles. The molecule has 1 saturated heterocycles. The van der Waals surface area contributed by atoms with Crippen LogP contribution in [-0.4, -0.2) is 68.0 Å². The Morgan fingerprint density at radius 2 is 1.40 bits per heavy atom. The number of ether oxygens (including phenoxy) is 2. The number of benzene rings is 3. The van der Waals surface area contributed by atoms with Gasteiger partial charge in [-0.25, -0.2) is 9.59 Å². The third-order valence-electron chi connectivity index (χ3n) is 8.18. The molecular formula is C36H48N2O6Si. The van der Waals surface area contributed by atoms with Gasteiger partial charge >= 0.3 is 12.2 Å². The number of hydrogen-bond donors (Lipinski definition) is 2. The van der Waals surface area contributed by atoms with E-state index in [1.54, 1.807) is 0 Å². The summed E-state index contributed by atoms with van der Waals surface area (Å²) in [6, 6.07) is 29.7. The van der Waals surface area contributed by atoms with E-state index in [-0.39, 0.29) is 24.7 Å². The molecule has 242 valence electrons. The summed E-state index contributed by atoms with van der Waals surface area (Å²) in [5.41, 5.74) is 0.189. The van der Waals surface area contributed by atoms with E-state index >= 15 is 0 Å². The fraction of sp³-hybridized carbons (Fsp3) is 0.444. The van der Waals surface area contributed by atoms with E-state index in [9.17, 15) is 14.7 Å². The minimum absolute atomic E-state index is 0.111. The number of nitrogens with zero attached hydrogens (tertiary/aromatic N) is 1. The Balaban J connectivity index is 1.55. The van der Waals surface area contributed by atoms with Crippen molar-refractivity contribution in [2.75, 3.05) is 19.7 Å². The minimum atomic E-state index is -2.82. The number of aliphatic hydroxyl groups is 1. The normalized spacial score (nSPS) is 17.9. The highest BCUT2D eigenvalue weighted by molar-refractivity contribution is 6.99. The number of hydrogen-bond acceptors (Lipinski definition) is 6. The van der Waals surface area contributed by atoms with Crippen LogP contribution in [0.5, 0.6) is 0 Å². The first-order valence-corrected chi connectivity index (χ1v) is 17.6. The molecule has 1 heterocycles. The average Bonchev–Trinajstić information content (AvgIpc) is 3.39. The van der Waals surface area contributed by atoms with E-state index in [1.807, 2.05) is 87.5 Å². The van der Waals surface area contributed by atoms with Gasteiger partial charge in [0.2, 0.25) is 0 Å². The zero-order valence-electron chi connectivity index (χ0n) is 27.4. The lowest BCUT2D eigenvalue weighted by molar-refractivity contribution is 0.0437. The fourth-order valence-corrected chi connectivity index (χ4v) is 10.7. The van der Waals surface area contributed by atoms with Crippen LogP contribution in [0.2, 0.25) is 5.04 Å². The van der Waals surface area contributed by atoms with Crippen molar-refractivity contribution >= 4 is 30.9 Å². The topological polar surface area (TPSA) is 97.3 Å². The molecule has 3 aromatic rings. The molecular weight excluding hydrogens is 584 g/mol. The molecule has 0 aliphatic carbocycles. The Bertz CT molecular complexity index is 1340. The number of aliphatic hydroxyl groups excluding tert-OH is 1. The number of amides is 2. The van der Waals surface area contributed by atoms with Gasteiger partial charge in [-0.1, -0.05) is 112 Å². The molecule has 1 fully saturated rings. The lowest BCUT2D eigenvalue weighted by atomic mass is 9.94. The number of alkyl carbamates (subject to hydrolysis) is 1. The lowest BCUT2D eigenvalue weighted by Gasteiger charge is -2.43. The molecule has 8 nitrogen and oxygen atoms in total. The largest absolute Gasteiger partial charge is 0.445 e. The van der Waals surface area contributed by atoms with Crippen LogP contribution in [0.1, 0.15) is 53.5 Å². The molecule has 9 heteroatoms. The molecule has 0 saturated carbocycles. The summed E-state index contributed by atoms with van der Waals surface area (Å²) < 4.78 is 18.2. The van der Waals surface area contributed by atoms with Crippen LogP contribution in [0, 0.1) is 5.92 Å². The number of carbonyl (C=O) groups is 2. The first-order chi connectivity index (χ1) is 21.3. The number of likely N-dealkylation sites (tertiary alicyclic amines) is 1. The van der Waals surface area contributed by atoms with Crippen LogP contribution >= 0.6 is 0 Å². The zero-order chi connectivity index (χ0) is 32.7. The van der Waals surface area contributed by atoms with Crippen molar-refractivity contribution in [2.24, 2.45) is 5.92 Å². The molecule has 4 rings (SSSR count). The van der Waals surface area contributed by atoms with Crippen molar-refractivity contribution in [3.8, 4) is 0 Å². The predicted octanol–water partition coefficient (Wildman–Crippen LogP) is 5.48. The molecule has 0 spiro atoms. The highest BCUT2D eigenvalue weighted by Gasteiger charge is 2.50. The highest BCUT2D eigenvalue weighted by Crippen LogP contribution is 2.37. The molecule has 1 aliphatic rings. The summed E-state index contributed by atoms with van der Waals surface area (Å²) in [5, 5.41) is 16.3. The molecule has 0 bridgehead atoms. The first kappa shape index (κ1) is 34.2. The maximum Gasteiger partial charge on any atom is 0.410 e. The number of β-amino-alcohol motifs (C(OH)–C–C–N with tert-alkyl or cyclic N) is 1. The number of rotatable bonds is 10. The lowest BCUT2D eigenvalue weighted by Crippen LogP contribution is -2.66. The SMILES string of the molecule is CC(C)(C)OC(=O)N[C@@H](CCO[Si](c1ccccc1)(c1ccccc1)C(C)(C)C)[C@@H]1CN(C(=O)OCc2ccccc2)C[C@@H]1O. The Kier molecular flexibility index (Phi) is 11.1. The molecule has 2 amide bonds. The summed E-state index contributed by atoms with van der Waals surface area (Å²) >= 11 is 0. The van der Waals surface area contributed by atoms with Crippen molar-refractivity contribution in [1.82, 2.24) is 10.2 Å². The van der Waals surface area contributed by atoms with Crippen molar-refractivity contribution in [3.63, 3.8) is 0 Å². The molecule has 3 atom stereocenters. The summed E-state index contributed by atoms with van der Waals surface area (Å²) in [4.78, 5) is 27.5. The minimum Gasteiger partial charge on any atom is -0.445 e. The predicted molar refractivity (Wildman–Crippen MR) is 179 cm³/mol. The Morgan fingerprint density at radius 1 is 0.867 bits per heavy atom. The van der Waals surface area contributed by atoms with Gasteiger partial charge in [0, 0.05) is 25.1 Å².